The molecule has 0 bridgehead atoms. The molecule has 0 saturated carbocycles. The summed E-state index contributed by atoms with van der Waals surface area (Å²) in [5, 5.41) is 3.37. The van der Waals surface area contributed by atoms with Gasteiger partial charge in [-0.3, -0.25) is 0 Å². The van der Waals surface area contributed by atoms with E-state index in [-0.39, 0.29) is 0 Å². The van der Waals surface area contributed by atoms with Crippen molar-refractivity contribution in [3.63, 3.8) is 0 Å². The summed E-state index contributed by atoms with van der Waals surface area (Å²) < 4.78 is 2.25. The maximum atomic E-state index is 4.87. The molecule has 98 valence electrons. The fourth-order valence-electron chi connectivity index (χ4n) is 2.44. The maximum absolute atomic E-state index is 4.87. The van der Waals surface area contributed by atoms with Crippen LogP contribution in [0.2, 0.25) is 0 Å². The van der Waals surface area contributed by atoms with E-state index in [4.69, 9.17) is 4.98 Å². The van der Waals surface area contributed by atoms with Crippen molar-refractivity contribution in [1.29, 1.82) is 0 Å². The molecule has 0 aromatic carbocycles. The average Bonchev–Trinajstić information content (AvgIpc) is 2.77. The van der Waals surface area contributed by atoms with Crippen LogP contribution in [-0.4, -0.2) is 15.9 Å². The van der Waals surface area contributed by atoms with E-state index in [1.165, 1.54) is 17.0 Å². The molecule has 0 amide bonds. The molecule has 0 aliphatic rings. The van der Waals surface area contributed by atoms with Gasteiger partial charge in [0.05, 0.1) is 11.2 Å². The van der Waals surface area contributed by atoms with E-state index < -0.39 is 0 Å². The van der Waals surface area contributed by atoms with Crippen LogP contribution in [0.15, 0.2) is 24.4 Å². The lowest BCUT2D eigenvalue weighted by molar-refractivity contribution is 0.596. The highest BCUT2D eigenvalue weighted by Crippen LogP contribution is 2.24. The van der Waals surface area contributed by atoms with Crippen LogP contribution in [0, 0.1) is 0 Å². The third-order valence-corrected chi connectivity index (χ3v) is 3.55. The largest absolute Gasteiger partial charge is 0.311 e. The molecule has 0 unspecified atom stereocenters. The first-order valence-electron chi connectivity index (χ1n) is 6.98. The van der Waals surface area contributed by atoms with E-state index in [0.29, 0.717) is 5.92 Å². The Morgan fingerprint density at radius 3 is 2.67 bits per heavy atom. The van der Waals surface area contributed by atoms with E-state index in [2.05, 4.69) is 54.9 Å². The summed E-state index contributed by atoms with van der Waals surface area (Å²) in [7, 11) is 0. The van der Waals surface area contributed by atoms with Gasteiger partial charge in [0.1, 0.15) is 5.82 Å². The van der Waals surface area contributed by atoms with Crippen LogP contribution in [0.5, 0.6) is 0 Å². The van der Waals surface area contributed by atoms with Crippen molar-refractivity contribution in [3.05, 3.63) is 35.9 Å². The maximum Gasteiger partial charge on any atom is 0.116 e. The van der Waals surface area contributed by atoms with Gasteiger partial charge in [-0.15, -0.1) is 0 Å². The summed E-state index contributed by atoms with van der Waals surface area (Å²) in [5.74, 6) is 1.76. The Labute approximate surface area is 109 Å². The summed E-state index contributed by atoms with van der Waals surface area (Å²) in [5.41, 5.74) is 2.40. The van der Waals surface area contributed by atoms with Gasteiger partial charge in [0.15, 0.2) is 0 Å². The van der Waals surface area contributed by atoms with Crippen molar-refractivity contribution >= 4 is 5.52 Å². The molecule has 0 fully saturated rings. The highest BCUT2D eigenvalue weighted by Gasteiger charge is 2.16. The molecular formula is C15H23N3. The summed E-state index contributed by atoms with van der Waals surface area (Å²) in [6.07, 6.45) is 4.42. The van der Waals surface area contributed by atoms with Crippen LogP contribution in [0.1, 0.15) is 51.0 Å². The molecule has 0 spiro atoms. The third kappa shape index (κ3) is 2.41. The van der Waals surface area contributed by atoms with Gasteiger partial charge in [0.25, 0.3) is 0 Å². The Kier molecular flexibility index (Phi) is 4.37. The van der Waals surface area contributed by atoms with Crippen LogP contribution in [0.25, 0.3) is 5.52 Å². The number of imidazole rings is 1. The van der Waals surface area contributed by atoms with Gasteiger partial charge in [-0.05, 0) is 31.5 Å². The van der Waals surface area contributed by atoms with Crippen molar-refractivity contribution < 1.29 is 0 Å². The number of fused-ring (bicyclic) bond motifs is 1. The fraction of sp³-hybridized carbons (Fsp3) is 0.533. The lowest BCUT2D eigenvalue weighted by Crippen LogP contribution is -2.12. The first kappa shape index (κ1) is 13.1. The van der Waals surface area contributed by atoms with Crippen LogP contribution < -0.4 is 5.32 Å². The molecule has 1 N–H and O–H groups in total. The minimum atomic E-state index is 0.551. The van der Waals surface area contributed by atoms with Crippen LogP contribution >= 0.6 is 0 Å². The third-order valence-electron chi connectivity index (χ3n) is 3.55. The highest BCUT2D eigenvalue weighted by atomic mass is 15.0. The second kappa shape index (κ2) is 6.01. The number of hydrogen-bond acceptors (Lipinski definition) is 2. The number of hydrogen-bond donors (Lipinski definition) is 1. The highest BCUT2D eigenvalue weighted by molar-refractivity contribution is 5.53. The Morgan fingerprint density at radius 1 is 1.22 bits per heavy atom. The van der Waals surface area contributed by atoms with E-state index >= 15 is 0 Å². The fourth-order valence-corrected chi connectivity index (χ4v) is 2.44. The molecular weight excluding hydrogens is 222 g/mol. The van der Waals surface area contributed by atoms with Gasteiger partial charge < -0.3 is 9.72 Å². The smallest absolute Gasteiger partial charge is 0.116 e. The molecule has 2 rings (SSSR count). The van der Waals surface area contributed by atoms with Gasteiger partial charge in [-0.2, -0.15) is 0 Å². The molecule has 18 heavy (non-hydrogen) atoms. The van der Waals surface area contributed by atoms with E-state index in [0.717, 1.165) is 25.9 Å². The summed E-state index contributed by atoms with van der Waals surface area (Å²) in [6, 6.07) is 6.33. The molecule has 0 radical (unpaired) electrons. The van der Waals surface area contributed by atoms with Gasteiger partial charge in [-0.1, -0.05) is 26.8 Å². The van der Waals surface area contributed by atoms with Crippen molar-refractivity contribution in [2.45, 2.75) is 46.1 Å². The van der Waals surface area contributed by atoms with Crippen LogP contribution in [0.3, 0.4) is 0 Å². The quantitative estimate of drug-likeness (QED) is 0.845. The van der Waals surface area contributed by atoms with Crippen molar-refractivity contribution in [2.75, 3.05) is 6.54 Å². The molecule has 2 aromatic rings. The van der Waals surface area contributed by atoms with E-state index in [1.54, 1.807) is 0 Å². The van der Waals surface area contributed by atoms with Crippen molar-refractivity contribution in [3.8, 4) is 0 Å². The monoisotopic (exact) mass is 245 g/mol. The first-order chi connectivity index (χ1) is 8.81. The Balaban J connectivity index is 2.46. The zero-order chi connectivity index (χ0) is 13.0. The van der Waals surface area contributed by atoms with Gasteiger partial charge in [0.2, 0.25) is 0 Å². The Morgan fingerprint density at radius 2 is 2.00 bits per heavy atom. The molecule has 3 heteroatoms. The molecule has 2 aromatic heterocycles. The number of rotatable bonds is 6. The normalized spacial score (nSPS) is 11.6. The molecule has 0 atom stereocenters. The van der Waals surface area contributed by atoms with Crippen LogP contribution in [-0.2, 0) is 6.54 Å². The molecule has 3 nitrogen and oxygen atoms in total. The average molecular weight is 245 g/mol. The van der Waals surface area contributed by atoms with Crippen molar-refractivity contribution in [2.24, 2.45) is 0 Å². The predicted octanol–water partition coefficient (Wildman–Crippen LogP) is 3.35. The second-order valence-corrected chi connectivity index (χ2v) is 4.67. The van der Waals surface area contributed by atoms with Crippen molar-refractivity contribution in [1.82, 2.24) is 14.7 Å². The number of nitrogens with one attached hydrogen (secondary N) is 1. The van der Waals surface area contributed by atoms with E-state index in [1.807, 2.05) is 0 Å². The SMILES string of the molecule is CCNCc1nc(C(CC)CC)n2ccccc12. The Bertz CT molecular complexity index is 497. The Hall–Kier alpha value is -1.35. The number of aromatic nitrogens is 2. The minimum Gasteiger partial charge on any atom is -0.311 e. The summed E-state index contributed by atoms with van der Waals surface area (Å²) in [6.45, 7) is 8.43. The van der Waals surface area contributed by atoms with Gasteiger partial charge >= 0.3 is 0 Å². The topological polar surface area (TPSA) is 29.3 Å². The minimum absolute atomic E-state index is 0.551. The second-order valence-electron chi connectivity index (χ2n) is 4.67. The first-order valence-corrected chi connectivity index (χ1v) is 6.98. The molecule has 0 aliphatic heterocycles. The zero-order valence-corrected chi connectivity index (χ0v) is 11.6. The van der Waals surface area contributed by atoms with Gasteiger partial charge in [-0.25, -0.2) is 4.98 Å². The summed E-state index contributed by atoms with van der Waals surface area (Å²) >= 11 is 0. The predicted molar refractivity (Wildman–Crippen MR) is 75.9 cm³/mol. The van der Waals surface area contributed by atoms with E-state index in [9.17, 15) is 0 Å². The number of nitrogens with zero attached hydrogens (tertiary/aromatic N) is 2. The zero-order valence-electron chi connectivity index (χ0n) is 11.6. The van der Waals surface area contributed by atoms with Crippen LogP contribution in [0.4, 0.5) is 0 Å². The molecule has 2 heterocycles. The lowest BCUT2D eigenvalue weighted by atomic mass is 10.0. The molecule has 0 saturated heterocycles. The number of pyridine rings is 1. The molecule has 0 aliphatic carbocycles. The van der Waals surface area contributed by atoms with Gasteiger partial charge in [0, 0.05) is 18.7 Å². The lowest BCUT2D eigenvalue weighted by Gasteiger charge is -2.10. The standard InChI is InChI=1S/C15H23N3/c1-4-12(5-2)15-17-13(11-16-6-3)14-9-7-8-10-18(14)15/h7-10,12,16H,4-6,11H2,1-3H3. The summed E-state index contributed by atoms with van der Waals surface area (Å²) in [4.78, 5) is 4.87.